The number of hydrogen-bond acceptors (Lipinski definition) is 4. The summed E-state index contributed by atoms with van der Waals surface area (Å²) >= 11 is 3.06. The van der Waals surface area contributed by atoms with Gasteiger partial charge in [0.1, 0.15) is 17.3 Å². The molecule has 1 N–H and O–H groups in total. The smallest absolute Gasteiger partial charge is 0.247 e. The first kappa shape index (κ1) is 15.7. The van der Waals surface area contributed by atoms with Crippen LogP contribution >= 0.6 is 15.9 Å². The third-order valence-corrected chi connectivity index (χ3v) is 4.91. The molecule has 0 atom stereocenters. The Kier molecular flexibility index (Phi) is 4.64. The van der Waals surface area contributed by atoms with Crippen LogP contribution in [-0.2, 0) is 16.6 Å². The minimum absolute atomic E-state index is 0.0401. The van der Waals surface area contributed by atoms with E-state index in [-0.39, 0.29) is 27.3 Å². The monoisotopic (exact) mass is 339 g/mol. The van der Waals surface area contributed by atoms with Gasteiger partial charge in [-0.3, -0.25) is 0 Å². The normalized spacial score (nSPS) is 13.3. The lowest BCUT2D eigenvalue weighted by Crippen LogP contribution is -2.34. The van der Waals surface area contributed by atoms with Crippen molar-refractivity contribution in [1.82, 2.24) is 4.31 Å². The van der Waals surface area contributed by atoms with Gasteiger partial charge >= 0.3 is 0 Å². The predicted octanol–water partition coefficient (Wildman–Crippen LogP) is 2.20. The maximum absolute atomic E-state index is 12.3. The van der Waals surface area contributed by atoms with E-state index in [4.69, 9.17) is 9.52 Å². The fourth-order valence-corrected chi connectivity index (χ4v) is 3.93. The Balaban J connectivity index is 3.09. The lowest BCUT2D eigenvalue weighted by Gasteiger charge is -2.25. The van der Waals surface area contributed by atoms with Gasteiger partial charge in [-0.1, -0.05) is 20.8 Å². The molecule has 104 valence electrons. The van der Waals surface area contributed by atoms with Gasteiger partial charge in [-0.2, -0.15) is 0 Å². The highest BCUT2D eigenvalue weighted by atomic mass is 79.9. The van der Waals surface area contributed by atoms with Gasteiger partial charge in [0, 0.05) is 19.7 Å². The van der Waals surface area contributed by atoms with Crippen LogP contribution in [0.2, 0.25) is 0 Å². The van der Waals surface area contributed by atoms with Crippen molar-refractivity contribution in [3.05, 3.63) is 16.5 Å². The highest BCUT2D eigenvalue weighted by molar-refractivity contribution is 9.10. The molecule has 0 aliphatic carbocycles. The standard InChI is InChI=1S/C11H18BrNO4S/c1-11(2,3)7-13(4)18(15,16)9-5-8(6-14)17-10(9)12/h5,14H,6-7H2,1-4H3. The predicted molar refractivity (Wildman–Crippen MR) is 71.6 cm³/mol. The highest BCUT2D eigenvalue weighted by Crippen LogP contribution is 2.29. The molecule has 0 unspecified atom stereocenters. The van der Waals surface area contributed by atoms with Crippen LogP contribution in [0.5, 0.6) is 0 Å². The average molecular weight is 340 g/mol. The lowest BCUT2D eigenvalue weighted by molar-refractivity contribution is 0.245. The zero-order valence-corrected chi connectivity index (χ0v) is 13.3. The number of furan rings is 1. The van der Waals surface area contributed by atoms with Gasteiger partial charge in [0.25, 0.3) is 0 Å². The van der Waals surface area contributed by atoms with E-state index in [1.807, 2.05) is 20.8 Å². The van der Waals surface area contributed by atoms with Crippen LogP contribution < -0.4 is 0 Å². The Morgan fingerprint density at radius 3 is 2.39 bits per heavy atom. The Morgan fingerprint density at radius 2 is 2.00 bits per heavy atom. The average Bonchev–Trinajstić information content (AvgIpc) is 2.57. The molecule has 0 aliphatic rings. The van der Waals surface area contributed by atoms with Gasteiger partial charge in [0.05, 0.1) is 0 Å². The molecule has 1 rings (SSSR count). The molecule has 1 aromatic rings. The lowest BCUT2D eigenvalue weighted by atomic mass is 9.97. The Bertz CT molecular complexity index is 516. The second-order valence-corrected chi connectivity index (χ2v) is 8.06. The van der Waals surface area contributed by atoms with E-state index in [9.17, 15) is 8.42 Å². The molecule has 0 saturated carbocycles. The minimum atomic E-state index is -3.61. The SMILES string of the molecule is CN(CC(C)(C)C)S(=O)(=O)c1cc(CO)oc1Br. The topological polar surface area (TPSA) is 70.8 Å². The van der Waals surface area contributed by atoms with Crippen LogP contribution in [0.25, 0.3) is 0 Å². The van der Waals surface area contributed by atoms with E-state index >= 15 is 0 Å². The molecule has 18 heavy (non-hydrogen) atoms. The second-order valence-electron chi connectivity index (χ2n) is 5.33. The first-order valence-corrected chi connectivity index (χ1v) is 7.66. The number of rotatable bonds is 4. The molecule has 0 fully saturated rings. The van der Waals surface area contributed by atoms with E-state index in [0.29, 0.717) is 6.54 Å². The number of aliphatic hydroxyl groups excluding tert-OH is 1. The molecule has 0 bridgehead atoms. The van der Waals surface area contributed by atoms with Crippen molar-refractivity contribution >= 4 is 26.0 Å². The summed E-state index contributed by atoms with van der Waals surface area (Å²) in [4.78, 5) is 0.0401. The van der Waals surface area contributed by atoms with Crippen molar-refractivity contribution in [2.75, 3.05) is 13.6 Å². The number of sulfonamides is 1. The molecule has 0 aromatic carbocycles. The van der Waals surface area contributed by atoms with Crippen molar-refractivity contribution in [2.24, 2.45) is 5.41 Å². The highest BCUT2D eigenvalue weighted by Gasteiger charge is 2.29. The summed E-state index contributed by atoms with van der Waals surface area (Å²) in [5, 5.41) is 8.94. The van der Waals surface area contributed by atoms with Crippen molar-refractivity contribution in [3.8, 4) is 0 Å². The molecule has 1 heterocycles. The molecule has 7 heteroatoms. The fourth-order valence-electron chi connectivity index (χ4n) is 1.57. The van der Waals surface area contributed by atoms with E-state index < -0.39 is 10.0 Å². The first-order valence-electron chi connectivity index (χ1n) is 5.43. The first-order chi connectivity index (χ1) is 8.08. The maximum Gasteiger partial charge on any atom is 0.247 e. The van der Waals surface area contributed by atoms with Gasteiger partial charge in [0.15, 0.2) is 4.67 Å². The maximum atomic E-state index is 12.3. The van der Waals surface area contributed by atoms with Crippen LogP contribution in [0.15, 0.2) is 20.0 Å². The van der Waals surface area contributed by atoms with Crippen LogP contribution in [-0.4, -0.2) is 31.4 Å². The summed E-state index contributed by atoms with van der Waals surface area (Å²) in [6.45, 7) is 5.94. The molecular formula is C11H18BrNO4S. The molecule has 0 spiro atoms. The molecular weight excluding hydrogens is 322 g/mol. The molecule has 0 amide bonds. The van der Waals surface area contributed by atoms with E-state index in [0.717, 1.165) is 0 Å². The zero-order chi connectivity index (χ0) is 14.1. The van der Waals surface area contributed by atoms with E-state index in [1.54, 1.807) is 0 Å². The molecule has 0 saturated heterocycles. The Hall–Kier alpha value is -0.370. The number of nitrogens with zero attached hydrogens (tertiary/aromatic N) is 1. The molecule has 0 radical (unpaired) electrons. The van der Waals surface area contributed by atoms with E-state index in [1.165, 1.54) is 17.4 Å². The number of hydrogen-bond donors (Lipinski definition) is 1. The Labute approximate surface area is 116 Å². The Morgan fingerprint density at radius 1 is 1.44 bits per heavy atom. The summed E-state index contributed by atoms with van der Waals surface area (Å²) in [5.74, 6) is 0.213. The summed E-state index contributed by atoms with van der Waals surface area (Å²) in [6.07, 6.45) is 0. The molecule has 1 aromatic heterocycles. The fraction of sp³-hybridized carbons (Fsp3) is 0.636. The summed E-state index contributed by atoms with van der Waals surface area (Å²) in [7, 11) is -2.08. The summed E-state index contributed by atoms with van der Waals surface area (Å²) in [5.41, 5.74) is -0.141. The van der Waals surface area contributed by atoms with Crippen LogP contribution in [0.4, 0.5) is 0 Å². The molecule has 5 nitrogen and oxygen atoms in total. The third kappa shape index (κ3) is 3.57. The van der Waals surface area contributed by atoms with Gasteiger partial charge in [-0.05, 0) is 21.3 Å². The van der Waals surface area contributed by atoms with Crippen molar-refractivity contribution in [3.63, 3.8) is 0 Å². The van der Waals surface area contributed by atoms with Gasteiger partial charge in [-0.15, -0.1) is 0 Å². The zero-order valence-electron chi connectivity index (χ0n) is 10.9. The quantitative estimate of drug-likeness (QED) is 0.912. The number of aliphatic hydroxyl groups is 1. The van der Waals surface area contributed by atoms with E-state index in [2.05, 4.69) is 15.9 Å². The largest absolute Gasteiger partial charge is 0.450 e. The second kappa shape index (κ2) is 5.32. The number of halogens is 1. The summed E-state index contributed by atoms with van der Waals surface area (Å²) < 4.78 is 31.1. The van der Waals surface area contributed by atoms with Gasteiger partial charge < -0.3 is 9.52 Å². The van der Waals surface area contributed by atoms with Crippen LogP contribution in [0.3, 0.4) is 0 Å². The van der Waals surface area contributed by atoms with Crippen LogP contribution in [0, 0.1) is 5.41 Å². The van der Waals surface area contributed by atoms with Crippen molar-refractivity contribution < 1.29 is 17.9 Å². The van der Waals surface area contributed by atoms with Crippen molar-refractivity contribution in [1.29, 1.82) is 0 Å². The van der Waals surface area contributed by atoms with Crippen molar-refractivity contribution in [2.45, 2.75) is 32.3 Å². The minimum Gasteiger partial charge on any atom is -0.450 e. The summed E-state index contributed by atoms with van der Waals surface area (Å²) in [6, 6.07) is 1.33. The third-order valence-electron chi connectivity index (χ3n) is 2.25. The van der Waals surface area contributed by atoms with Gasteiger partial charge in [0.2, 0.25) is 10.0 Å². The molecule has 0 aliphatic heterocycles. The van der Waals surface area contributed by atoms with Gasteiger partial charge in [-0.25, -0.2) is 12.7 Å². The van der Waals surface area contributed by atoms with Crippen LogP contribution in [0.1, 0.15) is 26.5 Å².